The summed E-state index contributed by atoms with van der Waals surface area (Å²) in [5, 5.41) is 4.27. The van der Waals surface area contributed by atoms with Crippen LogP contribution in [0.2, 0.25) is 0 Å². The molecule has 0 aliphatic carbocycles. The summed E-state index contributed by atoms with van der Waals surface area (Å²) in [6, 6.07) is 8.28. The van der Waals surface area contributed by atoms with Gasteiger partial charge in [-0.2, -0.15) is 0 Å². The molecule has 0 fully saturated rings. The van der Waals surface area contributed by atoms with Gasteiger partial charge in [-0.1, -0.05) is 18.2 Å². The second-order valence-corrected chi connectivity index (χ2v) is 6.05. The first-order valence-corrected chi connectivity index (χ1v) is 7.31. The van der Waals surface area contributed by atoms with Gasteiger partial charge in [0.25, 0.3) is 0 Å². The molecule has 4 heteroatoms. The van der Waals surface area contributed by atoms with Crippen LogP contribution in [0.1, 0.15) is 22.3 Å². The number of hydrogen-bond donors (Lipinski definition) is 0. The molecule has 2 nitrogen and oxygen atoms in total. The van der Waals surface area contributed by atoms with Gasteiger partial charge >= 0.3 is 0 Å². The van der Waals surface area contributed by atoms with Crippen molar-refractivity contribution in [1.29, 1.82) is 0 Å². The largest absolute Gasteiger partial charge is 0.294 e. The summed E-state index contributed by atoms with van der Waals surface area (Å²) < 4.78 is 1.25. The van der Waals surface area contributed by atoms with E-state index in [1.165, 1.54) is 21.4 Å². The minimum atomic E-state index is 0.0933. The highest BCUT2D eigenvalue weighted by Crippen LogP contribution is 2.36. The van der Waals surface area contributed by atoms with Crippen LogP contribution in [0.25, 0.3) is 20.7 Å². The summed E-state index contributed by atoms with van der Waals surface area (Å²) in [6.07, 6.45) is 0. The number of thiophene rings is 1. The van der Waals surface area contributed by atoms with Crippen molar-refractivity contribution >= 4 is 38.5 Å². The molecule has 0 N–H and O–H groups in total. The van der Waals surface area contributed by atoms with Crippen LogP contribution in [0, 0.1) is 6.92 Å². The fourth-order valence-corrected chi connectivity index (χ4v) is 3.99. The highest BCUT2D eigenvalue weighted by molar-refractivity contribution is 7.20. The lowest BCUT2D eigenvalue weighted by molar-refractivity contribution is 0.102. The molecule has 2 heterocycles. The molecule has 3 aromatic rings. The summed E-state index contributed by atoms with van der Waals surface area (Å²) >= 11 is 3.20. The SMILES string of the molecule is CC(=O)c1sc(-c2csc3ccccc23)nc1C. The maximum atomic E-state index is 11.5. The number of fused-ring (bicyclic) bond motifs is 1. The Labute approximate surface area is 113 Å². The molecule has 0 saturated heterocycles. The Morgan fingerprint density at radius 2 is 2.06 bits per heavy atom. The molecular formula is C14H11NOS2. The van der Waals surface area contributed by atoms with Gasteiger partial charge in [0, 0.05) is 28.0 Å². The molecule has 2 aromatic heterocycles. The summed E-state index contributed by atoms with van der Waals surface area (Å²) in [4.78, 5) is 16.8. The Kier molecular flexibility index (Phi) is 2.76. The van der Waals surface area contributed by atoms with Gasteiger partial charge in [0.05, 0.1) is 10.6 Å². The number of nitrogens with zero attached hydrogens (tertiary/aromatic N) is 1. The van der Waals surface area contributed by atoms with E-state index in [0.717, 1.165) is 21.1 Å². The fourth-order valence-electron chi connectivity index (χ4n) is 1.98. The fraction of sp³-hybridized carbons (Fsp3) is 0.143. The lowest BCUT2D eigenvalue weighted by Crippen LogP contribution is -1.89. The normalized spacial score (nSPS) is 11.0. The number of benzene rings is 1. The lowest BCUT2D eigenvalue weighted by Gasteiger charge is -1.93. The highest BCUT2D eigenvalue weighted by Gasteiger charge is 2.15. The van der Waals surface area contributed by atoms with Gasteiger partial charge in [0.1, 0.15) is 5.01 Å². The zero-order chi connectivity index (χ0) is 12.7. The number of aryl methyl sites for hydroxylation is 1. The van der Waals surface area contributed by atoms with Crippen LogP contribution in [0.3, 0.4) is 0 Å². The molecular weight excluding hydrogens is 262 g/mol. The summed E-state index contributed by atoms with van der Waals surface area (Å²) in [6.45, 7) is 3.49. The number of aromatic nitrogens is 1. The zero-order valence-electron chi connectivity index (χ0n) is 10.1. The Morgan fingerprint density at radius 1 is 1.28 bits per heavy atom. The van der Waals surface area contributed by atoms with Crippen LogP contribution in [-0.4, -0.2) is 10.8 Å². The first-order valence-electron chi connectivity index (χ1n) is 5.62. The monoisotopic (exact) mass is 273 g/mol. The molecule has 0 aliphatic heterocycles. The van der Waals surface area contributed by atoms with E-state index in [2.05, 4.69) is 22.5 Å². The van der Waals surface area contributed by atoms with E-state index >= 15 is 0 Å². The quantitative estimate of drug-likeness (QED) is 0.642. The van der Waals surface area contributed by atoms with Crippen LogP contribution in [0.5, 0.6) is 0 Å². The number of carbonyl (C=O) groups is 1. The van der Waals surface area contributed by atoms with Crippen LogP contribution < -0.4 is 0 Å². The number of carbonyl (C=O) groups excluding carboxylic acids is 1. The maximum Gasteiger partial charge on any atom is 0.171 e. The molecule has 0 atom stereocenters. The molecule has 18 heavy (non-hydrogen) atoms. The van der Waals surface area contributed by atoms with Gasteiger partial charge in [0.15, 0.2) is 5.78 Å². The average Bonchev–Trinajstić information content (AvgIpc) is 2.92. The van der Waals surface area contributed by atoms with E-state index < -0.39 is 0 Å². The third-order valence-electron chi connectivity index (χ3n) is 2.83. The molecule has 0 spiro atoms. The van der Waals surface area contributed by atoms with Gasteiger partial charge in [-0.05, 0) is 13.0 Å². The molecule has 0 amide bonds. The van der Waals surface area contributed by atoms with Crippen molar-refractivity contribution < 1.29 is 4.79 Å². The smallest absolute Gasteiger partial charge is 0.171 e. The van der Waals surface area contributed by atoms with E-state index in [0.29, 0.717) is 0 Å². The highest BCUT2D eigenvalue weighted by atomic mass is 32.1. The van der Waals surface area contributed by atoms with Crippen molar-refractivity contribution in [1.82, 2.24) is 4.98 Å². The minimum absolute atomic E-state index is 0.0933. The van der Waals surface area contributed by atoms with Crippen LogP contribution >= 0.6 is 22.7 Å². The van der Waals surface area contributed by atoms with Gasteiger partial charge < -0.3 is 0 Å². The van der Waals surface area contributed by atoms with Crippen molar-refractivity contribution in [3.05, 3.63) is 40.2 Å². The van der Waals surface area contributed by atoms with Gasteiger partial charge in [0.2, 0.25) is 0 Å². The molecule has 1 aromatic carbocycles. The van der Waals surface area contributed by atoms with Crippen LogP contribution in [0.15, 0.2) is 29.6 Å². The molecule has 0 radical (unpaired) electrons. The van der Waals surface area contributed by atoms with E-state index in [9.17, 15) is 4.79 Å². The standard InChI is InChI=1S/C14H11NOS2/c1-8-13(9(2)16)18-14(15-8)11-7-17-12-6-4-3-5-10(11)12/h3-7H,1-2H3. The second kappa shape index (κ2) is 4.30. The molecule has 0 saturated carbocycles. The molecule has 0 unspecified atom stereocenters. The lowest BCUT2D eigenvalue weighted by atomic mass is 10.2. The number of Topliss-reactive ketones (excluding diaryl/α,β-unsaturated/α-hetero) is 1. The van der Waals surface area contributed by atoms with Crippen molar-refractivity contribution in [2.45, 2.75) is 13.8 Å². The van der Waals surface area contributed by atoms with Crippen molar-refractivity contribution in [2.75, 3.05) is 0 Å². The molecule has 0 aliphatic rings. The van der Waals surface area contributed by atoms with Gasteiger partial charge in [-0.25, -0.2) is 4.98 Å². The van der Waals surface area contributed by atoms with Gasteiger partial charge in [-0.15, -0.1) is 22.7 Å². The number of rotatable bonds is 2. The number of ketones is 1. The molecule has 90 valence electrons. The Bertz CT molecular complexity index is 739. The van der Waals surface area contributed by atoms with Crippen LogP contribution in [-0.2, 0) is 0 Å². The third kappa shape index (κ3) is 1.78. The van der Waals surface area contributed by atoms with Crippen molar-refractivity contribution in [3.63, 3.8) is 0 Å². The average molecular weight is 273 g/mol. The Balaban J connectivity index is 2.20. The van der Waals surface area contributed by atoms with Crippen molar-refractivity contribution in [2.24, 2.45) is 0 Å². The van der Waals surface area contributed by atoms with E-state index in [1.807, 2.05) is 19.1 Å². The summed E-state index contributed by atoms with van der Waals surface area (Å²) in [5.41, 5.74) is 1.97. The number of thiazole rings is 1. The molecule has 0 bridgehead atoms. The van der Waals surface area contributed by atoms with Gasteiger partial charge in [-0.3, -0.25) is 4.79 Å². The summed E-state index contributed by atoms with van der Waals surface area (Å²) in [7, 11) is 0. The van der Waals surface area contributed by atoms with Crippen LogP contribution in [0.4, 0.5) is 0 Å². The Hall–Kier alpha value is -1.52. The third-order valence-corrected chi connectivity index (χ3v) is 5.08. The van der Waals surface area contributed by atoms with Crippen molar-refractivity contribution in [3.8, 4) is 10.6 Å². The van der Waals surface area contributed by atoms with E-state index in [4.69, 9.17) is 0 Å². The first-order chi connectivity index (χ1) is 8.66. The van der Waals surface area contributed by atoms with E-state index in [-0.39, 0.29) is 5.78 Å². The second-order valence-electron chi connectivity index (χ2n) is 4.14. The minimum Gasteiger partial charge on any atom is -0.294 e. The van der Waals surface area contributed by atoms with E-state index in [1.54, 1.807) is 18.3 Å². The number of hydrogen-bond acceptors (Lipinski definition) is 4. The summed E-state index contributed by atoms with van der Waals surface area (Å²) in [5.74, 6) is 0.0933. The molecule has 3 rings (SSSR count). The maximum absolute atomic E-state index is 11.5. The topological polar surface area (TPSA) is 30.0 Å². The zero-order valence-corrected chi connectivity index (χ0v) is 11.7. The first kappa shape index (κ1) is 11.6. The predicted molar refractivity (Wildman–Crippen MR) is 77.7 cm³/mol. The Morgan fingerprint density at radius 3 is 2.78 bits per heavy atom. The predicted octanol–water partition coefficient (Wildman–Crippen LogP) is 4.54.